The molecule has 6 heteroatoms. The first-order valence-electron chi connectivity index (χ1n) is 6.91. The molecule has 0 saturated heterocycles. The van der Waals surface area contributed by atoms with Crippen LogP contribution in [0.15, 0.2) is 47.4 Å². The highest BCUT2D eigenvalue weighted by Crippen LogP contribution is 2.24. The highest BCUT2D eigenvalue weighted by atomic mass is 35.5. The first-order chi connectivity index (χ1) is 10.3. The Balaban J connectivity index is 2.26. The third-order valence-corrected chi connectivity index (χ3v) is 5.16. The fraction of sp³-hybridized carbons (Fsp3) is 0.250. The number of hydrogen-bond acceptors (Lipinski definition) is 2. The molecule has 0 saturated carbocycles. The predicted molar refractivity (Wildman–Crippen MR) is 87.4 cm³/mol. The molecule has 1 N–H and O–H groups in total. The molecule has 118 valence electrons. The molecule has 1 unspecified atom stereocenters. The Kier molecular flexibility index (Phi) is 5.08. The lowest BCUT2D eigenvalue weighted by molar-refractivity contribution is 0.598. The Labute approximate surface area is 135 Å². The van der Waals surface area contributed by atoms with E-state index in [1.54, 1.807) is 12.1 Å². The summed E-state index contributed by atoms with van der Waals surface area (Å²) >= 11 is 5.65. The van der Waals surface area contributed by atoms with Crippen molar-refractivity contribution in [3.63, 3.8) is 0 Å². The van der Waals surface area contributed by atoms with Crippen molar-refractivity contribution in [3.05, 3.63) is 58.9 Å². The van der Waals surface area contributed by atoms with Gasteiger partial charge in [0.15, 0.2) is 0 Å². The van der Waals surface area contributed by atoms with Gasteiger partial charge in [-0.05, 0) is 48.2 Å². The molecule has 0 aliphatic carbocycles. The van der Waals surface area contributed by atoms with Gasteiger partial charge in [-0.15, -0.1) is 0 Å². The van der Waals surface area contributed by atoms with Crippen LogP contribution in [-0.4, -0.2) is 8.42 Å². The molecule has 0 spiro atoms. The summed E-state index contributed by atoms with van der Waals surface area (Å²) in [6.45, 7) is 4.14. The molecule has 1 atom stereocenters. The number of halogens is 2. The van der Waals surface area contributed by atoms with Gasteiger partial charge in [-0.2, -0.15) is 0 Å². The van der Waals surface area contributed by atoms with Gasteiger partial charge in [-0.25, -0.2) is 12.8 Å². The first kappa shape index (κ1) is 16.8. The lowest BCUT2D eigenvalue weighted by Crippen LogP contribution is -2.14. The largest absolute Gasteiger partial charge is 0.277 e. The molecule has 0 radical (unpaired) electrons. The molecule has 0 bridgehead atoms. The quantitative estimate of drug-likeness (QED) is 0.849. The van der Waals surface area contributed by atoms with Crippen LogP contribution in [-0.2, 0) is 10.0 Å². The zero-order valence-electron chi connectivity index (χ0n) is 12.3. The van der Waals surface area contributed by atoms with Gasteiger partial charge in [-0.3, -0.25) is 4.72 Å². The van der Waals surface area contributed by atoms with Gasteiger partial charge in [0.25, 0.3) is 10.0 Å². The van der Waals surface area contributed by atoms with E-state index in [-0.39, 0.29) is 15.6 Å². The van der Waals surface area contributed by atoms with Crippen LogP contribution < -0.4 is 4.72 Å². The third-order valence-electron chi connectivity index (χ3n) is 3.55. The van der Waals surface area contributed by atoms with Crippen molar-refractivity contribution in [2.75, 3.05) is 4.72 Å². The Morgan fingerprint density at radius 2 is 1.82 bits per heavy atom. The maximum absolute atomic E-state index is 13.7. The highest BCUT2D eigenvalue weighted by Gasteiger charge is 2.17. The van der Waals surface area contributed by atoms with Crippen molar-refractivity contribution in [2.24, 2.45) is 0 Å². The lowest BCUT2D eigenvalue weighted by Gasteiger charge is -2.12. The summed E-state index contributed by atoms with van der Waals surface area (Å²) < 4.78 is 40.5. The molecule has 0 amide bonds. The van der Waals surface area contributed by atoms with Crippen LogP contribution in [0.2, 0.25) is 5.02 Å². The topological polar surface area (TPSA) is 46.2 Å². The van der Waals surface area contributed by atoms with Gasteiger partial charge >= 0.3 is 0 Å². The molecule has 22 heavy (non-hydrogen) atoms. The van der Waals surface area contributed by atoms with Crippen LogP contribution in [0.25, 0.3) is 0 Å². The van der Waals surface area contributed by atoms with E-state index in [1.165, 1.54) is 24.3 Å². The smallest absolute Gasteiger partial charge is 0.261 e. The second kappa shape index (κ2) is 6.67. The summed E-state index contributed by atoms with van der Waals surface area (Å²) in [4.78, 5) is 0.0916. The maximum atomic E-state index is 13.7. The van der Waals surface area contributed by atoms with Crippen LogP contribution >= 0.6 is 11.6 Å². The second-order valence-electron chi connectivity index (χ2n) is 5.11. The van der Waals surface area contributed by atoms with Crippen LogP contribution in [0.3, 0.4) is 0 Å². The van der Waals surface area contributed by atoms with E-state index in [2.05, 4.69) is 18.6 Å². The summed E-state index contributed by atoms with van der Waals surface area (Å²) in [6, 6.07) is 10.4. The van der Waals surface area contributed by atoms with E-state index in [1.807, 2.05) is 0 Å². The molecule has 0 aliphatic rings. The highest BCUT2D eigenvalue weighted by molar-refractivity contribution is 7.92. The van der Waals surface area contributed by atoms with E-state index in [9.17, 15) is 12.8 Å². The first-order valence-corrected chi connectivity index (χ1v) is 8.77. The molecule has 0 aliphatic heterocycles. The van der Waals surface area contributed by atoms with E-state index in [0.29, 0.717) is 5.92 Å². The number of sulfonamides is 1. The fourth-order valence-corrected chi connectivity index (χ4v) is 3.21. The van der Waals surface area contributed by atoms with Crippen molar-refractivity contribution in [2.45, 2.75) is 31.1 Å². The number of nitrogens with one attached hydrogen (secondary N) is 1. The van der Waals surface area contributed by atoms with Crippen LogP contribution in [0.4, 0.5) is 10.1 Å². The molecular formula is C16H17ClFNO2S. The summed E-state index contributed by atoms with van der Waals surface area (Å²) in [7, 11) is -3.83. The van der Waals surface area contributed by atoms with Crippen molar-refractivity contribution in [3.8, 4) is 0 Å². The normalized spacial score (nSPS) is 12.9. The van der Waals surface area contributed by atoms with Crippen molar-refractivity contribution < 1.29 is 12.8 Å². The minimum atomic E-state index is -3.83. The number of rotatable bonds is 5. The Morgan fingerprint density at radius 3 is 2.36 bits per heavy atom. The summed E-state index contributed by atoms with van der Waals surface area (Å²) in [5.74, 6) is -0.356. The fourth-order valence-electron chi connectivity index (χ4n) is 1.99. The van der Waals surface area contributed by atoms with Gasteiger partial charge in [0.2, 0.25) is 0 Å². The summed E-state index contributed by atoms with van der Waals surface area (Å²) in [6.07, 6.45) is 0.973. The molecule has 2 aromatic rings. The monoisotopic (exact) mass is 341 g/mol. The zero-order chi connectivity index (χ0) is 16.3. The van der Waals surface area contributed by atoms with Gasteiger partial charge in [0.05, 0.1) is 10.6 Å². The second-order valence-corrected chi connectivity index (χ2v) is 7.23. The average molecular weight is 342 g/mol. The van der Waals surface area contributed by atoms with Gasteiger partial charge in [0, 0.05) is 5.02 Å². The minimum absolute atomic E-state index is 0.0916. The van der Waals surface area contributed by atoms with E-state index in [0.717, 1.165) is 18.1 Å². The third kappa shape index (κ3) is 3.78. The summed E-state index contributed by atoms with van der Waals surface area (Å²) in [5, 5.41) is 0.207. The van der Waals surface area contributed by atoms with Crippen molar-refractivity contribution in [1.82, 2.24) is 0 Å². The van der Waals surface area contributed by atoms with Gasteiger partial charge < -0.3 is 0 Å². The van der Waals surface area contributed by atoms with Crippen molar-refractivity contribution in [1.29, 1.82) is 0 Å². The molecule has 3 nitrogen and oxygen atoms in total. The zero-order valence-corrected chi connectivity index (χ0v) is 13.9. The molecule has 0 heterocycles. The number of anilines is 1. The predicted octanol–water partition coefficient (Wildman–Crippen LogP) is 4.79. The molecule has 2 aromatic carbocycles. The molecule has 0 aromatic heterocycles. The maximum Gasteiger partial charge on any atom is 0.261 e. The molecule has 0 fully saturated rings. The Hall–Kier alpha value is -1.59. The Morgan fingerprint density at radius 1 is 1.18 bits per heavy atom. The SMILES string of the molecule is CCC(C)c1ccc(S(=O)(=O)Nc2ccc(Cl)cc2F)cc1. The van der Waals surface area contributed by atoms with Gasteiger partial charge in [0.1, 0.15) is 5.82 Å². The standard InChI is InChI=1S/C16H17ClFNO2S/c1-3-11(2)12-4-7-14(8-5-12)22(20,21)19-16-9-6-13(17)10-15(16)18/h4-11,19H,3H2,1-2H3. The van der Waals surface area contributed by atoms with Crippen LogP contribution in [0, 0.1) is 5.82 Å². The Bertz CT molecular complexity index is 760. The van der Waals surface area contributed by atoms with Crippen LogP contribution in [0.5, 0.6) is 0 Å². The molecular weight excluding hydrogens is 325 g/mol. The van der Waals surface area contributed by atoms with E-state index < -0.39 is 15.8 Å². The van der Waals surface area contributed by atoms with Crippen LogP contribution in [0.1, 0.15) is 31.7 Å². The molecule has 2 rings (SSSR count). The van der Waals surface area contributed by atoms with E-state index in [4.69, 9.17) is 11.6 Å². The average Bonchev–Trinajstić information content (AvgIpc) is 2.49. The van der Waals surface area contributed by atoms with Crippen molar-refractivity contribution >= 4 is 27.3 Å². The minimum Gasteiger partial charge on any atom is -0.277 e. The number of benzene rings is 2. The lowest BCUT2D eigenvalue weighted by atomic mass is 9.99. The van der Waals surface area contributed by atoms with Gasteiger partial charge in [-0.1, -0.05) is 37.6 Å². The van der Waals surface area contributed by atoms with E-state index >= 15 is 0 Å². The number of hydrogen-bond donors (Lipinski definition) is 1. The summed E-state index contributed by atoms with van der Waals surface area (Å²) in [5.41, 5.74) is 0.939.